The number of rotatable bonds is 4. The van der Waals surface area contributed by atoms with Crippen molar-refractivity contribution in [1.29, 1.82) is 5.26 Å². The van der Waals surface area contributed by atoms with Crippen LogP contribution in [0.2, 0.25) is 5.02 Å². The summed E-state index contributed by atoms with van der Waals surface area (Å²) >= 11 is 11.8. The molecule has 0 amide bonds. The zero-order chi connectivity index (χ0) is 14.5. The highest BCUT2D eigenvalue weighted by Gasteiger charge is 2.10. The minimum absolute atomic E-state index is 0.286. The Morgan fingerprint density at radius 1 is 1.10 bits per heavy atom. The minimum Gasteiger partial charge on any atom is -0.493 e. The summed E-state index contributed by atoms with van der Waals surface area (Å²) in [6.07, 6.45) is 0. The second-order valence-electron chi connectivity index (χ2n) is 3.97. The second kappa shape index (κ2) is 6.51. The first kappa shape index (κ1) is 14.5. The molecule has 0 aliphatic heterocycles. The lowest BCUT2D eigenvalue weighted by Crippen LogP contribution is -1.93. The van der Waals surface area contributed by atoms with E-state index in [9.17, 15) is 0 Å². The second-order valence-corrected chi connectivity index (χ2v) is 4.67. The van der Waals surface area contributed by atoms with E-state index in [2.05, 4.69) is 0 Å². The third-order valence-electron chi connectivity index (χ3n) is 2.68. The van der Waals surface area contributed by atoms with Gasteiger partial charge in [-0.15, -0.1) is 11.6 Å². The van der Waals surface area contributed by atoms with E-state index >= 15 is 0 Å². The van der Waals surface area contributed by atoms with Gasteiger partial charge < -0.3 is 9.47 Å². The highest BCUT2D eigenvalue weighted by atomic mass is 35.5. The van der Waals surface area contributed by atoms with Crippen LogP contribution in [0.25, 0.3) is 0 Å². The van der Waals surface area contributed by atoms with Gasteiger partial charge in [-0.2, -0.15) is 5.26 Å². The van der Waals surface area contributed by atoms with E-state index < -0.39 is 0 Å². The molecule has 5 heteroatoms. The van der Waals surface area contributed by atoms with Gasteiger partial charge in [-0.25, -0.2) is 0 Å². The van der Waals surface area contributed by atoms with Crippen molar-refractivity contribution in [3.63, 3.8) is 0 Å². The van der Waals surface area contributed by atoms with Crippen LogP contribution in [0.15, 0.2) is 36.4 Å². The summed E-state index contributed by atoms with van der Waals surface area (Å²) in [7, 11) is 1.52. The fourth-order valence-electron chi connectivity index (χ4n) is 1.69. The third-order valence-corrected chi connectivity index (χ3v) is 3.20. The van der Waals surface area contributed by atoms with Gasteiger partial charge in [0.2, 0.25) is 0 Å². The number of nitrogens with zero attached hydrogens (tertiary/aromatic N) is 1. The van der Waals surface area contributed by atoms with Crippen molar-refractivity contribution in [1.82, 2.24) is 0 Å². The third kappa shape index (κ3) is 3.16. The first-order valence-corrected chi connectivity index (χ1v) is 6.69. The molecule has 0 heterocycles. The van der Waals surface area contributed by atoms with Crippen LogP contribution in [0.4, 0.5) is 0 Å². The summed E-state index contributed by atoms with van der Waals surface area (Å²) in [6, 6.07) is 12.2. The van der Waals surface area contributed by atoms with Gasteiger partial charge in [-0.1, -0.05) is 11.6 Å². The van der Waals surface area contributed by atoms with Crippen molar-refractivity contribution in [3.05, 3.63) is 52.5 Å². The largest absolute Gasteiger partial charge is 0.493 e. The zero-order valence-electron chi connectivity index (χ0n) is 10.7. The van der Waals surface area contributed by atoms with Gasteiger partial charge in [-0.3, -0.25) is 0 Å². The molecule has 0 saturated heterocycles. The Kier molecular flexibility index (Phi) is 4.73. The quantitative estimate of drug-likeness (QED) is 0.765. The Morgan fingerprint density at radius 3 is 2.50 bits per heavy atom. The predicted molar refractivity (Wildman–Crippen MR) is 78.8 cm³/mol. The molecular weight excluding hydrogens is 297 g/mol. The molecule has 20 heavy (non-hydrogen) atoms. The first-order chi connectivity index (χ1) is 9.67. The van der Waals surface area contributed by atoms with Gasteiger partial charge in [0.25, 0.3) is 0 Å². The van der Waals surface area contributed by atoms with E-state index in [4.69, 9.17) is 37.9 Å². The fraction of sp³-hybridized carbons (Fsp3) is 0.133. The molecule has 2 aromatic carbocycles. The molecule has 2 aromatic rings. The number of benzene rings is 2. The molecular formula is C15H11Cl2NO2. The molecule has 0 aliphatic carbocycles. The van der Waals surface area contributed by atoms with Crippen LogP contribution in [-0.2, 0) is 5.88 Å². The van der Waals surface area contributed by atoms with Gasteiger partial charge in [-0.05, 0) is 30.3 Å². The maximum absolute atomic E-state index is 8.87. The molecule has 2 rings (SSSR count). The van der Waals surface area contributed by atoms with Crippen molar-refractivity contribution in [3.8, 4) is 23.3 Å². The van der Waals surface area contributed by atoms with Crippen LogP contribution in [0.1, 0.15) is 11.1 Å². The zero-order valence-corrected chi connectivity index (χ0v) is 12.2. The van der Waals surface area contributed by atoms with E-state index in [1.807, 2.05) is 6.07 Å². The fourth-order valence-corrected chi connectivity index (χ4v) is 2.10. The molecule has 0 bridgehead atoms. The van der Waals surface area contributed by atoms with Gasteiger partial charge >= 0.3 is 0 Å². The Labute approximate surface area is 127 Å². The topological polar surface area (TPSA) is 42.2 Å². The standard InChI is InChI=1S/C15H11Cl2NO2/c1-19-15-6-10(9-18)2-4-14(15)20-13-5-3-12(17)7-11(13)8-16/h2-7H,8H2,1H3. The van der Waals surface area contributed by atoms with Crippen LogP contribution in [0.5, 0.6) is 17.2 Å². The molecule has 0 aliphatic rings. The van der Waals surface area contributed by atoms with E-state index in [1.54, 1.807) is 36.4 Å². The molecule has 0 atom stereocenters. The van der Waals surface area contributed by atoms with Crippen molar-refractivity contribution in [2.75, 3.05) is 7.11 Å². The van der Waals surface area contributed by atoms with Gasteiger partial charge in [0.1, 0.15) is 5.75 Å². The average molecular weight is 308 g/mol. The van der Waals surface area contributed by atoms with E-state index in [1.165, 1.54) is 7.11 Å². The molecule has 0 saturated carbocycles. The Hall–Kier alpha value is -1.89. The summed E-state index contributed by atoms with van der Waals surface area (Å²) in [5.74, 6) is 1.89. The van der Waals surface area contributed by atoms with Crippen LogP contribution in [0.3, 0.4) is 0 Å². The van der Waals surface area contributed by atoms with Crippen molar-refractivity contribution < 1.29 is 9.47 Å². The number of nitriles is 1. The first-order valence-electron chi connectivity index (χ1n) is 5.78. The Morgan fingerprint density at radius 2 is 1.85 bits per heavy atom. The van der Waals surface area contributed by atoms with Crippen molar-refractivity contribution >= 4 is 23.2 Å². The maximum atomic E-state index is 8.87. The molecule has 3 nitrogen and oxygen atoms in total. The van der Waals surface area contributed by atoms with Crippen LogP contribution in [-0.4, -0.2) is 7.11 Å². The van der Waals surface area contributed by atoms with Crippen LogP contribution in [0, 0.1) is 11.3 Å². The lowest BCUT2D eigenvalue weighted by molar-refractivity contribution is 0.378. The number of halogens is 2. The molecule has 0 N–H and O–H groups in total. The van der Waals surface area contributed by atoms with Gasteiger partial charge in [0.15, 0.2) is 11.5 Å². The molecule has 102 valence electrons. The Bertz CT molecular complexity index is 665. The monoisotopic (exact) mass is 307 g/mol. The minimum atomic E-state index is 0.286. The summed E-state index contributed by atoms with van der Waals surface area (Å²) < 4.78 is 11.0. The van der Waals surface area contributed by atoms with Crippen LogP contribution >= 0.6 is 23.2 Å². The average Bonchev–Trinajstić information content (AvgIpc) is 2.49. The molecule has 0 fully saturated rings. The smallest absolute Gasteiger partial charge is 0.169 e. The predicted octanol–water partition coefficient (Wildman–Crippen LogP) is 4.75. The number of methoxy groups -OCH3 is 1. The van der Waals surface area contributed by atoms with Crippen LogP contribution < -0.4 is 9.47 Å². The molecule has 0 aromatic heterocycles. The van der Waals surface area contributed by atoms with Gasteiger partial charge in [0.05, 0.1) is 24.6 Å². The highest BCUT2D eigenvalue weighted by molar-refractivity contribution is 6.30. The lowest BCUT2D eigenvalue weighted by Gasteiger charge is -2.13. The number of ether oxygens (including phenoxy) is 2. The van der Waals surface area contributed by atoms with E-state index in [-0.39, 0.29) is 5.88 Å². The molecule has 0 spiro atoms. The SMILES string of the molecule is COc1cc(C#N)ccc1Oc1ccc(Cl)cc1CCl. The van der Waals surface area contributed by atoms with Gasteiger partial charge in [0, 0.05) is 16.7 Å². The van der Waals surface area contributed by atoms with Crippen molar-refractivity contribution in [2.45, 2.75) is 5.88 Å². The lowest BCUT2D eigenvalue weighted by atomic mass is 10.2. The van der Waals surface area contributed by atoms with E-state index in [0.29, 0.717) is 27.8 Å². The number of alkyl halides is 1. The van der Waals surface area contributed by atoms with E-state index in [0.717, 1.165) is 5.56 Å². The Balaban J connectivity index is 2.37. The normalized spacial score (nSPS) is 9.90. The highest BCUT2D eigenvalue weighted by Crippen LogP contribution is 2.35. The van der Waals surface area contributed by atoms with Crippen molar-refractivity contribution in [2.24, 2.45) is 0 Å². The molecule has 0 unspecified atom stereocenters. The summed E-state index contributed by atoms with van der Waals surface area (Å²) in [5.41, 5.74) is 1.29. The summed E-state index contributed by atoms with van der Waals surface area (Å²) in [6.45, 7) is 0. The number of hydrogen-bond acceptors (Lipinski definition) is 3. The number of hydrogen-bond donors (Lipinski definition) is 0. The molecule has 0 radical (unpaired) electrons. The maximum Gasteiger partial charge on any atom is 0.169 e. The summed E-state index contributed by atoms with van der Waals surface area (Å²) in [4.78, 5) is 0. The summed E-state index contributed by atoms with van der Waals surface area (Å²) in [5, 5.41) is 9.47.